The number of likely N-dealkylation sites (tertiary alicyclic amines) is 1. The fourth-order valence-electron chi connectivity index (χ4n) is 2.47. The Hall–Kier alpha value is -0.650. The van der Waals surface area contributed by atoms with Crippen LogP contribution in [0.15, 0.2) is 0 Å². The molecule has 0 aromatic heterocycles. The normalized spacial score (nSPS) is 25.0. The van der Waals surface area contributed by atoms with Crippen molar-refractivity contribution in [2.24, 2.45) is 5.92 Å². The number of aliphatic hydroxyl groups excluding tert-OH is 2. The number of amides is 1. The van der Waals surface area contributed by atoms with Crippen molar-refractivity contribution < 1.29 is 15.0 Å². The van der Waals surface area contributed by atoms with Gasteiger partial charge in [-0.05, 0) is 25.2 Å². The lowest BCUT2D eigenvalue weighted by Crippen LogP contribution is -2.51. The summed E-state index contributed by atoms with van der Waals surface area (Å²) < 4.78 is 0. The van der Waals surface area contributed by atoms with E-state index >= 15 is 0 Å². The van der Waals surface area contributed by atoms with E-state index in [0.29, 0.717) is 12.5 Å². The molecule has 0 aromatic carbocycles. The third kappa shape index (κ3) is 5.02. The molecule has 1 saturated heterocycles. The predicted molar refractivity (Wildman–Crippen MR) is 65.6 cm³/mol. The molecule has 0 spiro atoms. The third-order valence-electron chi connectivity index (χ3n) is 3.30. The molecule has 1 fully saturated rings. The summed E-state index contributed by atoms with van der Waals surface area (Å²) in [5.41, 5.74) is 0. The maximum Gasteiger partial charge on any atom is 0.219 e. The van der Waals surface area contributed by atoms with E-state index in [4.69, 9.17) is 10.2 Å². The van der Waals surface area contributed by atoms with E-state index in [0.717, 1.165) is 32.4 Å². The number of carbonyl (C=O) groups excluding carboxylic acids is 1. The molecule has 1 aliphatic rings. The number of aliphatic hydroxyl groups is 2. The fraction of sp³-hybridized carbons (Fsp3) is 0.917. The molecule has 0 saturated carbocycles. The van der Waals surface area contributed by atoms with E-state index in [2.05, 4.69) is 5.32 Å². The molecule has 5 heteroatoms. The summed E-state index contributed by atoms with van der Waals surface area (Å²) in [5, 5.41) is 20.9. The van der Waals surface area contributed by atoms with E-state index in [1.165, 1.54) is 0 Å². The Labute approximate surface area is 103 Å². The summed E-state index contributed by atoms with van der Waals surface area (Å²) in [6.45, 7) is 4.03. The third-order valence-corrected chi connectivity index (χ3v) is 3.30. The molecule has 1 amide bonds. The van der Waals surface area contributed by atoms with Crippen molar-refractivity contribution in [1.29, 1.82) is 0 Å². The van der Waals surface area contributed by atoms with E-state index in [-0.39, 0.29) is 25.2 Å². The zero-order chi connectivity index (χ0) is 12.7. The summed E-state index contributed by atoms with van der Waals surface area (Å²) in [4.78, 5) is 13.3. The first-order valence-corrected chi connectivity index (χ1v) is 6.38. The van der Waals surface area contributed by atoms with Crippen LogP contribution < -0.4 is 5.32 Å². The van der Waals surface area contributed by atoms with Gasteiger partial charge in [0.1, 0.15) is 0 Å². The highest BCUT2D eigenvalue weighted by molar-refractivity contribution is 5.73. The number of nitrogens with zero attached hydrogens (tertiary/aromatic N) is 1. The smallest absolute Gasteiger partial charge is 0.219 e. The van der Waals surface area contributed by atoms with Crippen molar-refractivity contribution in [3.05, 3.63) is 0 Å². The minimum atomic E-state index is 0.106. The van der Waals surface area contributed by atoms with Gasteiger partial charge in [0.05, 0.1) is 6.61 Å². The number of carbonyl (C=O) groups is 1. The van der Waals surface area contributed by atoms with Crippen LogP contribution in [0.4, 0.5) is 0 Å². The minimum absolute atomic E-state index is 0.106. The van der Waals surface area contributed by atoms with Crippen LogP contribution in [0.1, 0.15) is 26.2 Å². The van der Waals surface area contributed by atoms with Crippen molar-refractivity contribution in [2.45, 2.75) is 32.2 Å². The van der Waals surface area contributed by atoms with Crippen LogP contribution in [-0.4, -0.2) is 59.9 Å². The molecule has 0 radical (unpaired) electrons. The fourth-order valence-corrected chi connectivity index (χ4v) is 2.47. The Balaban J connectivity index is 2.46. The summed E-state index contributed by atoms with van der Waals surface area (Å²) in [7, 11) is 0. The topological polar surface area (TPSA) is 72.8 Å². The second-order valence-corrected chi connectivity index (χ2v) is 4.77. The number of nitrogens with one attached hydrogen (secondary N) is 1. The number of rotatable bonds is 6. The van der Waals surface area contributed by atoms with Gasteiger partial charge in [0, 0.05) is 39.2 Å². The van der Waals surface area contributed by atoms with Crippen molar-refractivity contribution in [2.75, 3.05) is 32.8 Å². The predicted octanol–water partition coefficient (Wildman–Crippen LogP) is -0.422. The summed E-state index contributed by atoms with van der Waals surface area (Å²) >= 11 is 0. The maximum absolute atomic E-state index is 11.4. The average Bonchev–Trinajstić information content (AvgIpc) is 2.33. The number of hydrogen-bond acceptors (Lipinski definition) is 4. The second-order valence-electron chi connectivity index (χ2n) is 4.77. The number of hydrogen-bond donors (Lipinski definition) is 3. The Morgan fingerprint density at radius 2 is 2.12 bits per heavy atom. The molecule has 1 heterocycles. The molecule has 0 aromatic rings. The number of piperidine rings is 1. The van der Waals surface area contributed by atoms with Gasteiger partial charge in [-0.2, -0.15) is 0 Å². The second kappa shape index (κ2) is 7.63. The molecule has 2 unspecified atom stereocenters. The Bertz CT molecular complexity index is 220. The van der Waals surface area contributed by atoms with Crippen LogP contribution >= 0.6 is 0 Å². The van der Waals surface area contributed by atoms with Gasteiger partial charge in [-0.15, -0.1) is 0 Å². The van der Waals surface area contributed by atoms with Gasteiger partial charge in [0.2, 0.25) is 5.91 Å². The molecule has 0 bridgehead atoms. The summed E-state index contributed by atoms with van der Waals surface area (Å²) in [6.07, 6.45) is 2.77. The average molecular weight is 244 g/mol. The summed E-state index contributed by atoms with van der Waals surface area (Å²) in [5.74, 6) is 0.561. The Morgan fingerprint density at radius 3 is 2.71 bits per heavy atom. The molecule has 5 nitrogen and oxygen atoms in total. The van der Waals surface area contributed by atoms with Crippen LogP contribution in [0.5, 0.6) is 0 Å². The van der Waals surface area contributed by atoms with Crippen LogP contribution in [-0.2, 0) is 4.79 Å². The molecule has 1 rings (SSSR count). The van der Waals surface area contributed by atoms with Gasteiger partial charge in [0.25, 0.3) is 0 Å². The maximum atomic E-state index is 11.4. The zero-order valence-electron chi connectivity index (χ0n) is 10.6. The van der Waals surface area contributed by atoms with Crippen LogP contribution in [0.3, 0.4) is 0 Å². The van der Waals surface area contributed by atoms with Gasteiger partial charge in [-0.25, -0.2) is 0 Å². The van der Waals surface area contributed by atoms with Crippen LogP contribution in [0.25, 0.3) is 0 Å². The van der Waals surface area contributed by atoms with E-state index in [1.54, 1.807) is 6.92 Å². The van der Waals surface area contributed by atoms with Crippen LogP contribution in [0, 0.1) is 5.92 Å². The van der Waals surface area contributed by atoms with Crippen molar-refractivity contribution >= 4 is 5.91 Å². The van der Waals surface area contributed by atoms with Crippen molar-refractivity contribution in [3.63, 3.8) is 0 Å². The zero-order valence-corrected chi connectivity index (χ0v) is 10.6. The van der Waals surface area contributed by atoms with Crippen molar-refractivity contribution in [3.8, 4) is 0 Å². The lowest BCUT2D eigenvalue weighted by atomic mass is 9.90. The molecular formula is C12H24N2O3. The van der Waals surface area contributed by atoms with Gasteiger partial charge in [-0.3, -0.25) is 4.79 Å². The van der Waals surface area contributed by atoms with Gasteiger partial charge < -0.3 is 20.4 Å². The molecule has 2 atom stereocenters. The first kappa shape index (κ1) is 14.4. The highest BCUT2D eigenvalue weighted by Crippen LogP contribution is 2.21. The molecule has 100 valence electrons. The first-order chi connectivity index (χ1) is 8.17. The lowest BCUT2D eigenvalue weighted by Gasteiger charge is -2.37. The van der Waals surface area contributed by atoms with Gasteiger partial charge >= 0.3 is 0 Å². The quantitative estimate of drug-likeness (QED) is 0.593. The SMILES string of the molecule is CC(=O)N1CC(CCCO)CC(NCCO)C1. The molecular weight excluding hydrogens is 220 g/mol. The highest BCUT2D eigenvalue weighted by Gasteiger charge is 2.27. The minimum Gasteiger partial charge on any atom is -0.396 e. The van der Waals surface area contributed by atoms with Gasteiger partial charge in [-0.1, -0.05) is 0 Å². The largest absolute Gasteiger partial charge is 0.396 e. The lowest BCUT2D eigenvalue weighted by molar-refractivity contribution is -0.131. The van der Waals surface area contributed by atoms with E-state index in [9.17, 15) is 4.79 Å². The highest BCUT2D eigenvalue weighted by atomic mass is 16.3. The van der Waals surface area contributed by atoms with E-state index < -0.39 is 0 Å². The molecule has 17 heavy (non-hydrogen) atoms. The van der Waals surface area contributed by atoms with E-state index in [1.807, 2.05) is 4.90 Å². The molecule has 3 N–H and O–H groups in total. The standard InChI is InChI=1S/C12H24N2O3/c1-10(17)14-8-11(3-2-5-15)7-12(9-14)13-4-6-16/h11-13,15-16H,2-9H2,1H3. The Morgan fingerprint density at radius 1 is 1.35 bits per heavy atom. The van der Waals surface area contributed by atoms with Gasteiger partial charge in [0.15, 0.2) is 0 Å². The molecule has 0 aliphatic carbocycles. The molecule has 1 aliphatic heterocycles. The van der Waals surface area contributed by atoms with Crippen molar-refractivity contribution in [1.82, 2.24) is 10.2 Å². The summed E-state index contributed by atoms with van der Waals surface area (Å²) in [6, 6.07) is 0.267. The monoisotopic (exact) mass is 244 g/mol. The Kier molecular flexibility index (Phi) is 6.47. The first-order valence-electron chi connectivity index (χ1n) is 6.38. The van der Waals surface area contributed by atoms with Crippen LogP contribution in [0.2, 0.25) is 0 Å².